The van der Waals surface area contributed by atoms with Crippen LogP contribution in [0.1, 0.15) is 33.1 Å². The average Bonchev–Trinajstić information content (AvgIpc) is 2.15. The molecule has 0 spiro atoms. The zero-order chi connectivity index (χ0) is 11.0. The maximum atomic E-state index is 13.1. The molecule has 1 unspecified atom stereocenters. The first-order valence-corrected chi connectivity index (χ1v) is 4.66. The molecule has 0 N–H and O–H groups in total. The van der Waals surface area contributed by atoms with Gasteiger partial charge in [-0.25, -0.2) is 4.39 Å². The van der Waals surface area contributed by atoms with E-state index in [0.717, 1.165) is 0 Å². The van der Waals surface area contributed by atoms with Crippen molar-refractivity contribution in [2.24, 2.45) is 0 Å². The second-order valence-electron chi connectivity index (χ2n) is 2.78. The highest BCUT2D eigenvalue weighted by molar-refractivity contribution is 5.70. The minimum atomic E-state index is -1.16. The number of esters is 1. The summed E-state index contributed by atoms with van der Waals surface area (Å²) in [5.41, 5.74) is 0. The number of hydrogen-bond donors (Lipinski definition) is 0. The van der Waals surface area contributed by atoms with Crippen molar-refractivity contribution in [2.75, 3.05) is 0 Å². The van der Waals surface area contributed by atoms with E-state index >= 15 is 0 Å². The molecule has 0 aromatic heterocycles. The van der Waals surface area contributed by atoms with Crippen LogP contribution in [0.15, 0.2) is 11.9 Å². The van der Waals surface area contributed by atoms with Gasteiger partial charge in [0.1, 0.15) is 5.83 Å². The zero-order valence-electron chi connectivity index (χ0n) is 8.55. The summed E-state index contributed by atoms with van der Waals surface area (Å²) in [6.45, 7) is 3.62. The number of rotatable bonds is 5. The van der Waals surface area contributed by atoms with Crippen molar-refractivity contribution in [1.82, 2.24) is 0 Å². The molecular formula is C11H15FO2. The van der Waals surface area contributed by atoms with Gasteiger partial charge in [-0.1, -0.05) is 19.8 Å². The molecule has 78 valence electrons. The average molecular weight is 198 g/mol. The van der Waals surface area contributed by atoms with E-state index < -0.39 is 17.9 Å². The second-order valence-corrected chi connectivity index (χ2v) is 2.78. The van der Waals surface area contributed by atoms with Crippen molar-refractivity contribution in [3.63, 3.8) is 0 Å². The number of ether oxygens (including phenoxy) is 1. The summed E-state index contributed by atoms with van der Waals surface area (Å²) in [7, 11) is 0. The van der Waals surface area contributed by atoms with Crippen molar-refractivity contribution < 1.29 is 13.9 Å². The van der Waals surface area contributed by atoms with Gasteiger partial charge in [-0.15, -0.1) is 6.42 Å². The summed E-state index contributed by atoms with van der Waals surface area (Å²) in [4.78, 5) is 11.0. The maximum absolute atomic E-state index is 13.1. The van der Waals surface area contributed by atoms with Crippen LogP contribution < -0.4 is 0 Å². The fraction of sp³-hybridized carbons (Fsp3) is 0.545. The van der Waals surface area contributed by atoms with Crippen LogP contribution in [0.5, 0.6) is 0 Å². The molecule has 0 saturated carbocycles. The monoisotopic (exact) mass is 198 g/mol. The van der Waals surface area contributed by atoms with E-state index in [-0.39, 0.29) is 6.42 Å². The van der Waals surface area contributed by atoms with Gasteiger partial charge in [-0.2, -0.15) is 0 Å². The van der Waals surface area contributed by atoms with Crippen molar-refractivity contribution in [1.29, 1.82) is 0 Å². The highest BCUT2D eigenvalue weighted by Crippen LogP contribution is 2.10. The second kappa shape index (κ2) is 7.14. The topological polar surface area (TPSA) is 26.3 Å². The standard InChI is InChI=1S/C11H15FO2/c1-4-7-9(12)10(6-3)14-11(13)8-5-2/h3,7,10H,4-5,8H2,1-2H3. The fourth-order valence-electron chi connectivity index (χ4n) is 0.866. The quantitative estimate of drug-likeness (QED) is 0.501. The Morgan fingerprint density at radius 2 is 2.29 bits per heavy atom. The molecule has 0 amide bonds. The summed E-state index contributed by atoms with van der Waals surface area (Å²) in [6, 6.07) is 0. The largest absolute Gasteiger partial charge is 0.442 e. The maximum Gasteiger partial charge on any atom is 0.307 e. The molecular weight excluding hydrogens is 183 g/mol. The van der Waals surface area contributed by atoms with Gasteiger partial charge < -0.3 is 4.74 Å². The molecule has 0 fully saturated rings. The molecule has 0 radical (unpaired) electrons. The molecule has 3 heteroatoms. The number of hydrogen-bond acceptors (Lipinski definition) is 2. The number of allylic oxidation sites excluding steroid dienone is 1. The van der Waals surface area contributed by atoms with E-state index in [1.165, 1.54) is 6.08 Å². The molecule has 2 nitrogen and oxygen atoms in total. The van der Waals surface area contributed by atoms with Gasteiger partial charge in [-0.05, 0) is 18.9 Å². The molecule has 0 aromatic rings. The summed E-state index contributed by atoms with van der Waals surface area (Å²) >= 11 is 0. The molecule has 0 aliphatic carbocycles. The third-order valence-corrected chi connectivity index (χ3v) is 1.50. The first-order valence-electron chi connectivity index (χ1n) is 4.66. The van der Waals surface area contributed by atoms with Crippen LogP contribution >= 0.6 is 0 Å². The van der Waals surface area contributed by atoms with Crippen molar-refractivity contribution >= 4 is 5.97 Å². The number of terminal acetylenes is 1. The van der Waals surface area contributed by atoms with Crippen LogP contribution in [-0.2, 0) is 9.53 Å². The first kappa shape index (κ1) is 12.7. The lowest BCUT2D eigenvalue weighted by molar-refractivity contribution is -0.145. The van der Waals surface area contributed by atoms with E-state index in [4.69, 9.17) is 11.2 Å². The fourth-order valence-corrected chi connectivity index (χ4v) is 0.866. The Bertz CT molecular complexity index is 251. The summed E-state index contributed by atoms with van der Waals surface area (Å²) in [5.74, 6) is 1.06. The van der Waals surface area contributed by atoms with Crippen molar-refractivity contribution in [2.45, 2.75) is 39.2 Å². The van der Waals surface area contributed by atoms with Crippen molar-refractivity contribution in [3.05, 3.63) is 11.9 Å². The van der Waals surface area contributed by atoms with E-state index in [9.17, 15) is 9.18 Å². The number of halogens is 1. The lowest BCUT2D eigenvalue weighted by Crippen LogP contribution is -2.16. The smallest absolute Gasteiger partial charge is 0.307 e. The van der Waals surface area contributed by atoms with E-state index in [0.29, 0.717) is 12.8 Å². The highest BCUT2D eigenvalue weighted by atomic mass is 19.1. The summed E-state index contributed by atoms with van der Waals surface area (Å²) < 4.78 is 17.8. The molecule has 14 heavy (non-hydrogen) atoms. The predicted molar refractivity (Wildman–Crippen MR) is 53.1 cm³/mol. The Hall–Kier alpha value is -1.30. The molecule has 1 atom stereocenters. The third kappa shape index (κ3) is 4.66. The number of carbonyl (C=O) groups excluding carboxylic acids is 1. The Balaban J connectivity index is 4.24. The molecule has 0 saturated heterocycles. The van der Waals surface area contributed by atoms with Gasteiger partial charge in [-0.3, -0.25) is 4.79 Å². The van der Waals surface area contributed by atoms with Gasteiger partial charge in [0.15, 0.2) is 0 Å². The Kier molecular flexibility index (Phi) is 6.47. The van der Waals surface area contributed by atoms with E-state index in [2.05, 4.69) is 5.92 Å². The lowest BCUT2D eigenvalue weighted by Gasteiger charge is -2.09. The Labute approximate surface area is 84.1 Å². The van der Waals surface area contributed by atoms with Crippen LogP contribution in [0.3, 0.4) is 0 Å². The Morgan fingerprint density at radius 1 is 1.64 bits per heavy atom. The van der Waals surface area contributed by atoms with Crippen molar-refractivity contribution in [3.8, 4) is 12.3 Å². The lowest BCUT2D eigenvalue weighted by atomic mass is 10.2. The normalized spacial score (nSPS) is 13.1. The van der Waals surface area contributed by atoms with Crippen LogP contribution in [0, 0.1) is 12.3 Å². The minimum absolute atomic E-state index is 0.261. The molecule has 0 aromatic carbocycles. The first-order chi connectivity index (χ1) is 6.65. The number of carbonyl (C=O) groups is 1. The highest BCUT2D eigenvalue weighted by Gasteiger charge is 2.15. The van der Waals surface area contributed by atoms with Crippen LogP contribution in [0.25, 0.3) is 0 Å². The van der Waals surface area contributed by atoms with E-state index in [1.54, 1.807) is 6.92 Å². The summed E-state index contributed by atoms with van der Waals surface area (Å²) in [5, 5.41) is 0. The molecule has 0 rings (SSSR count). The van der Waals surface area contributed by atoms with Gasteiger partial charge in [0, 0.05) is 6.42 Å². The summed E-state index contributed by atoms with van der Waals surface area (Å²) in [6.07, 6.45) is 6.64. The van der Waals surface area contributed by atoms with E-state index in [1.807, 2.05) is 6.92 Å². The van der Waals surface area contributed by atoms with Gasteiger partial charge >= 0.3 is 5.97 Å². The van der Waals surface area contributed by atoms with Gasteiger partial charge in [0.25, 0.3) is 0 Å². The zero-order valence-corrected chi connectivity index (χ0v) is 8.55. The minimum Gasteiger partial charge on any atom is -0.442 e. The molecule has 0 heterocycles. The SMILES string of the molecule is C#CC(OC(=O)CCC)C(F)=CCC. The van der Waals surface area contributed by atoms with Crippen LogP contribution in [0.2, 0.25) is 0 Å². The van der Waals surface area contributed by atoms with Crippen LogP contribution in [-0.4, -0.2) is 12.1 Å². The third-order valence-electron chi connectivity index (χ3n) is 1.50. The predicted octanol–water partition coefficient (Wildman–Crippen LogP) is 2.59. The van der Waals surface area contributed by atoms with Gasteiger partial charge in [0.2, 0.25) is 6.10 Å². The van der Waals surface area contributed by atoms with Crippen LogP contribution in [0.4, 0.5) is 4.39 Å². The molecule has 0 aliphatic rings. The Morgan fingerprint density at radius 3 is 2.71 bits per heavy atom. The van der Waals surface area contributed by atoms with Gasteiger partial charge in [0.05, 0.1) is 0 Å². The molecule has 0 bridgehead atoms. The molecule has 0 aliphatic heterocycles.